The Bertz CT molecular complexity index is 534. The molecule has 5 nitrogen and oxygen atoms in total. The number of carbonyl (C=O) groups excluding carboxylic acids is 2. The van der Waals surface area contributed by atoms with Crippen LogP contribution in [0.5, 0.6) is 0 Å². The van der Waals surface area contributed by atoms with Gasteiger partial charge in [-0.25, -0.2) is 4.79 Å². The zero-order valence-electron chi connectivity index (χ0n) is 12.1. The maximum Gasteiger partial charge on any atom is 0.411 e. The molecule has 1 aromatic rings. The molecular weight excluding hydrogens is 256 g/mol. The third-order valence-electron chi connectivity index (χ3n) is 3.20. The molecule has 1 heterocycles. The van der Waals surface area contributed by atoms with E-state index < -0.39 is 23.6 Å². The average molecular weight is 276 g/mol. The lowest BCUT2D eigenvalue weighted by Gasteiger charge is -2.36. The normalized spacial score (nSPS) is 18.4. The van der Waals surface area contributed by atoms with E-state index in [1.165, 1.54) is 4.90 Å². The van der Waals surface area contributed by atoms with Gasteiger partial charge in [-0.15, -0.1) is 0 Å². The zero-order chi connectivity index (χ0) is 14.9. The number of hydrogen-bond donors (Lipinski definition) is 1. The summed E-state index contributed by atoms with van der Waals surface area (Å²) in [5, 5.41) is 0. The molecule has 0 saturated heterocycles. The fraction of sp³-hybridized carbons (Fsp3) is 0.467. The maximum atomic E-state index is 12.2. The minimum atomic E-state index is -0.653. The summed E-state index contributed by atoms with van der Waals surface area (Å²) in [7, 11) is 0. The highest BCUT2D eigenvalue weighted by Crippen LogP contribution is 2.25. The number of hydrogen-bond acceptors (Lipinski definition) is 3. The van der Waals surface area contributed by atoms with Crippen LogP contribution in [0.25, 0.3) is 0 Å². The minimum absolute atomic E-state index is 0.346. The zero-order valence-corrected chi connectivity index (χ0v) is 12.1. The number of primary amides is 1. The van der Waals surface area contributed by atoms with Gasteiger partial charge in [0.15, 0.2) is 0 Å². The molecule has 5 heteroatoms. The minimum Gasteiger partial charge on any atom is -0.444 e. The highest BCUT2D eigenvalue weighted by atomic mass is 16.6. The van der Waals surface area contributed by atoms with Gasteiger partial charge < -0.3 is 10.5 Å². The summed E-state index contributed by atoms with van der Waals surface area (Å²) in [5.74, 6) is -0.509. The number of carbonyl (C=O) groups is 2. The van der Waals surface area contributed by atoms with Gasteiger partial charge in [0.1, 0.15) is 11.6 Å². The van der Waals surface area contributed by atoms with Gasteiger partial charge in [-0.2, -0.15) is 0 Å². The van der Waals surface area contributed by atoms with Crippen LogP contribution in [0.2, 0.25) is 0 Å². The molecular formula is C15H20N2O3. The van der Waals surface area contributed by atoms with Gasteiger partial charge in [0.2, 0.25) is 5.91 Å². The standard InChI is InChI=1S/C15H20N2O3/c1-15(2,3)20-14(19)17-9-11-7-5-4-6-10(11)8-12(17)13(16)18/h4-7,12H,8-9H2,1-3H3,(H2,16,18)/t12-/m1/s1. The van der Waals surface area contributed by atoms with Gasteiger partial charge in [0.05, 0.1) is 6.54 Å². The molecule has 0 fully saturated rings. The number of nitrogens with two attached hydrogens (primary N) is 1. The van der Waals surface area contributed by atoms with Gasteiger partial charge in [-0.3, -0.25) is 9.69 Å². The fourth-order valence-electron chi connectivity index (χ4n) is 2.29. The summed E-state index contributed by atoms with van der Waals surface area (Å²) in [5.41, 5.74) is 6.90. The first-order valence-corrected chi connectivity index (χ1v) is 6.63. The molecule has 108 valence electrons. The molecule has 2 N–H and O–H groups in total. The van der Waals surface area contributed by atoms with Crippen molar-refractivity contribution < 1.29 is 14.3 Å². The van der Waals surface area contributed by atoms with Crippen LogP contribution in [0.3, 0.4) is 0 Å². The number of amides is 2. The van der Waals surface area contributed by atoms with Crippen molar-refractivity contribution in [3.05, 3.63) is 35.4 Å². The number of ether oxygens (including phenoxy) is 1. The summed E-state index contributed by atoms with van der Waals surface area (Å²) < 4.78 is 5.35. The van der Waals surface area contributed by atoms with E-state index in [0.29, 0.717) is 13.0 Å². The van der Waals surface area contributed by atoms with E-state index in [0.717, 1.165) is 11.1 Å². The molecule has 2 amide bonds. The Balaban J connectivity index is 2.27. The molecule has 0 saturated carbocycles. The Morgan fingerprint density at radius 2 is 1.85 bits per heavy atom. The molecule has 0 spiro atoms. The van der Waals surface area contributed by atoms with E-state index in [9.17, 15) is 9.59 Å². The topological polar surface area (TPSA) is 72.6 Å². The van der Waals surface area contributed by atoms with Crippen LogP contribution in [0.15, 0.2) is 24.3 Å². The molecule has 1 aromatic carbocycles. The molecule has 0 aromatic heterocycles. The highest BCUT2D eigenvalue weighted by molar-refractivity contribution is 5.85. The summed E-state index contributed by atoms with van der Waals surface area (Å²) in [4.78, 5) is 25.3. The van der Waals surface area contributed by atoms with Crippen molar-refractivity contribution >= 4 is 12.0 Å². The van der Waals surface area contributed by atoms with E-state index in [2.05, 4.69) is 0 Å². The smallest absolute Gasteiger partial charge is 0.411 e. The molecule has 0 unspecified atom stereocenters. The van der Waals surface area contributed by atoms with Crippen LogP contribution in [-0.4, -0.2) is 28.5 Å². The average Bonchev–Trinajstić information content (AvgIpc) is 2.35. The molecule has 1 aliphatic heterocycles. The van der Waals surface area contributed by atoms with Crippen LogP contribution >= 0.6 is 0 Å². The molecule has 0 bridgehead atoms. The largest absolute Gasteiger partial charge is 0.444 e. The lowest BCUT2D eigenvalue weighted by atomic mass is 9.94. The first-order valence-electron chi connectivity index (χ1n) is 6.63. The number of rotatable bonds is 1. The van der Waals surface area contributed by atoms with Crippen LogP contribution < -0.4 is 5.73 Å². The summed E-state index contributed by atoms with van der Waals surface area (Å²) in [6, 6.07) is 7.08. The maximum absolute atomic E-state index is 12.2. The van der Waals surface area contributed by atoms with E-state index in [1.54, 1.807) is 20.8 Å². The van der Waals surface area contributed by atoms with Crippen molar-refractivity contribution in [1.82, 2.24) is 4.90 Å². The van der Waals surface area contributed by atoms with Crippen LogP contribution in [0.4, 0.5) is 4.79 Å². The molecule has 20 heavy (non-hydrogen) atoms. The molecule has 0 aliphatic carbocycles. The summed E-state index contributed by atoms with van der Waals surface area (Å²) >= 11 is 0. The first-order chi connectivity index (χ1) is 9.28. The second-order valence-electron chi connectivity index (χ2n) is 6.00. The van der Waals surface area contributed by atoms with Crippen LogP contribution in [0.1, 0.15) is 31.9 Å². The van der Waals surface area contributed by atoms with Crippen molar-refractivity contribution in [3.63, 3.8) is 0 Å². The molecule has 1 atom stereocenters. The first kappa shape index (κ1) is 14.4. The quantitative estimate of drug-likeness (QED) is 0.850. The lowest BCUT2D eigenvalue weighted by Crippen LogP contribution is -2.52. The van der Waals surface area contributed by atoms with Crippen molar-refractivity contribution in [3.8, 4) is 0 Å². The Kier molecular flexibility index (Phi) is 3.70. The Hall–Kier alpha value is -2.04. The highest BCUT2D eigenvalue weighted by Gasteiger charge is 2.35. The Morgan fingerprint density at radius 1 is 1.25 bits per heavy atom. The van der Waals surface area contributed by atoms with Gasteiger partial charge in [-0.1, -0.05) is 24.3 Å². The van der Waals surface area contributed by atoms with Crippen LogP contribution in [0, 0.1) is 0 Å². The van der Waals surface area contributed by atoms with E-state index in [1.807, 2.05) is 24.3 Å². The molecule has 0 radical (unpaired) electrons. The fourth-order valence-corrected chi connectivity index (χ4v) is 2.29. The predicted octanol–water partition coefficient (Wildman–Crippen LogP) is 1.83. The van der Waals surface area contributed by atoms with Gasteiger partial charge in [-0.05, 0) is 31.9 Å². The number of benzene rings is 1. The lowest BCUT2D eigenvalue weighted by molar-refractivity contribution is -0.123. The third kappa shape index (κ3) is 3.10. The molecule has 2 rings (SSSR count). The SMILES string of the molecule is CC(C)(C)OC(=O)N1Cc2ccccc2C[C@@H]1C(N)=O. The van der Waals surface area contributed by atoms with Gasteiger partial charge >= 0.3 is 6.09 Å². The second kappa shape index (κ2) is 5.15. The van der Waals surface area contributed by atoms with E-state index in [-0.39, 0.29) is 0 Å². The monoisotopic (exact) mass is 276 g/mol. The second-order valence-corrected chi connectivity index (χ2v) is 6.00. The predicted molar refractivity (Wildman–Crippen MR) is 74.9 cm³/mol. The summed E-state index contributed by atoms with van der Waals surface area (Å²) in [6.45, 7) is 5.73. The third-order valence-corrected chi connectivity index (χ3v) is 3.20. The molecule has 1 aliphatic rings. The van der Waals surface area contributed by atoms with Crippen molar-refractivity contribution in [1.29, 1.82) is 0 Å². The van der Waals surface area contributed by atoms with E-state index in [4.69, 9.17) is 10.5 Å². The van der Waals surface area contributed by atoms with Gasteiger partial charge in [0.25, 0.3) is 0 Å². The van der Waals surface area contributed by atoms with Crippen LogP contribution in [-0.2, 0) is 22.5 Å². The Labute approximate surface area is 118 Å². The number of nitrogens with zero attached hydrogens (tertiary/aromatic N) is 1. The summed E-state index contributed by atoms with van der Waals surface area (Å²) in [6.07, 6.45) is -0.0686. The van der Waals surface area contributed by atoms with Crippen molar-refractivity contribution in [2.24, 2.45) is 5.73 Å². The van der Waals surface area contributed by atoms with Crippen molar-refractivity contribution in [2.75, 3.05) is 0 Å². The van der Waals surface area contributed by atoms with Crippen molar-refractivity contribution in [2.45, 2.75) is 45.4 Å². The van der Waals surface area contributed by atoms with Gasteiger partial charge in [0, 0.05) is 6.42 Å². The number of fused-ring (bicyclic) bond motifs is 1. The Morgan fingerprint density at radius 3 is 2.40 bits per heavy atom. The van der Waals surface area contributed by atoms with E-state index >= 15 is 0 Å².